The van der Waals surface area contributed by atoms with E-state index >= 15 is 0 Å². The van der Waals surface area contributed by atoms with Crippen molar-refractivity contribution in [1.82, 2.24) is 5.32 Å². The Morgan fingerprint density at radius 2 is 1.91 bits per heavy atom. The molecule has 0 radical (unpaired) electrons. The number of halogens is 2. The monoisotopic (exact) mass is 501 g/mol. The molecule has 5 nitrogen and oxygen atoms in total. The van der Waals surface area contributed by atoms with Crippen molar-refractivity contribution in [2.75, 3.05) is 16.3 Å². The van der Waals surface area contributed by atoms with E-state index in [1.807, 2.05) is 6.07 Å². The van der Waals surface area contributed by atoms with E-state index < -0.39 is 11.8 Å². The Labute approximate surface area is 209 Å². The van der Waals surface area contributed by atoms with Gasteiger partial charge in [0.1, 0.15) is 5.57 Å². The second-order valence-corrected chi connectivity index (χ2v) is 10.2. The smallest absolute Gasteiger partial charge is 0.270 e. The second kappa shape index (κ2) is 8.75. The van der Waals surface area contributed by atoms with Gasteiger partial charge in [0.25, 0.3) is 11.8 Å². The van der Waals surface area contributed by atoms with Gasteiger partial charge in [-0.3, -0.25) is 19.8 Å². The van der Waals surface area contributed by atoms with Crippen LogP contribution in [-0.2, 0) is 9.59 Å². The molecule has 172 valence electrons. The largest absolute Gasteiger partial charge is 0.366 e. The van der Waals surface area contributed by atoms with E-state index in [9.17, 15) is 9.59 Å². The molecule has 2 aromatic rings. The van der Waals surface area contributed by atoms with Crippen LogP contribution in [0.4, 0.5) is 11.4 Å². The van der Waals surface area contributed by atoms with Crippen LogP contribution in [0.3, 0.4) is 0 Å². The number of rotatable bonds is 3. The maximum absolute atomic E-state index is 13.4. The van der Waals surface area contributed by atoms with E-state index in [4.69, 9.17) is 35.4 Å². The summed E-state index contributed by atoms with van der Waals surface area (Å²) in [5.41, 5.74) is 3.54. The van der Waals surface area contributed by atoms with Gasteiger partial charge in [0.15, 0.2) is 5.11 Å². The molecule has 2 heterocycles. The number of amides is 2. The first kappa shape index (κ1) is 23.7. The zero-order valence-corrected chi connectivity index (χ0v) is 21.2. The molecule has 0 aliphatic carbocycles. The molecule has 1 fully saturated rings. The Balaban J connectivity index is 1.75. The quantitative estimate of drug-likeness (QED) is 0.321. The zero-order chi connectivity index (χ0) is 24.1. The highest BCUT2D eigenvalue weighted by atomic mass is 35.5. The van der Waals surface area contributed by atoms with Crippen LogP contribution in [0.5, 0.6) is 0 Å². The molecule has 33 heavy (non-hydrogen) atoms. The Morgan fingerprint density at radius 1 is 1.18 bits per heavy atom. The molecule has 1 saturated heterocycles. The number of carbonyl (C=O) groups excluding carboxylic acids is 2. The van der Waals surface area contributed by atoms with Crippen molar-refractivity contribution in [3.63, 3.8) is 0 Å². The van der Waals surface area contributed by atoms with E-state index in [0.29, 0.717) is 16.6 Å². The molecule has 2 aliphatic rings. The number of thiocarbonyl (C=S) groups is 1. The maximum Gasteiger partial charge on any atom is 0.270 e. The maximum atomic E-state index is 13.4. The van der Waals surface area contributed by atoms with E-state index in [1.54, 1.807) is 24.3 Å². The fourth-order valence-electron chi connectivity index (χ4n) is 4.91. The van der Waals surface area contributed by atoms with Crippen molar-refractivity contribution in [1.29, 1.82) is 0 Å². The summed E-state index contributed by atoms with van der Waals surface area (Å²) < 4.78 is 0. The van der Waals surface area contributed by atoms with Crippen LogP contribution in [0.2, 0.25) is 10.0 Å². The minimum atomic E-state index is -0.546. The fourth-order valence-corrected chi connectivity index (χ4v) is 5.56. The van der Waals surface area contributed by atoms with Gasteiger partial charge in [-0.2, -0.15) is 0 Å². The molecule has 0 saturated carbocycles. The highest BCUT2D eigenvalue weighted by molar-refractivity contribution is 7.80. The van der Waals surface area contributed by atoms with E-state index in [1.165, 1.54) is 16.2 Å². The van der Waals surface area contributed by atoms with Crippen molar-refractivity contribution in [2.45, 2.75) is 45.6 Å². The lowest BCUT2D eigenvalue weighted by atomic mass is 9.79. The minimum absolute atomic E-state index is 0.0178. The normalized spacial score (nSPS) is 21.3. The van der Waals surface area contributed by atoms with Crippen molar-refractivity contribution in [3.05, 3.63) is 63.1 Å². The van der Waals surface area contributed by atoms with Gasteiger partial charge in [-0.1, -0.05) is 42.3 Å². The topological polar surface area (TPSA) is 52.7 Å². The number of benzene rings is 2. The highest BCUT2D eigenvalue weighted by Gasteiger charge is 2.37. The number of nitrogens with one attached hydrogen (secondary N) is 1. The number of hydrogen-bond donors (Lipinski definition) is 1. The van der Waals surface area contributed by atoms with E-state index in [2.05, 4.69) is 50.0 Å². The second-order valence-electron chi connectivity index (χ2n) is 9.01. The fraction of sp³-hybridized carbons (Fsp3) is 0.320. The molecule has 1 N–H and O–H groups in total. The number of nitrogens with zero attached hydrogens (tertiary/aromatic N) is 2. The molecule has 8 heteroatoms. The van der Waals surface area contributed by atoms with Gasteiger partial charge < -0.3 is 4.90 Å². The summed E-state index contributed by atoms with van der Waals surface area (Å²) >= 11 is 17.7. The highest BCUT2D eigenvalue weighted by Crippen LogP contribution is 2.43. The average molecular weight is 502 g/mol. The predicted octanol–water partition coefficient (Wildman–Crippen LogP) is 5.94. The molecule has 4 rings (SSSR count). The average Bonchev–Trinajstić information content (AvgIpc) is 2.74. The summed E-state index contributed by atoms with van der Waals surface area (Å²) in [6.45, 7) is 9.79. The summed E-state index contributed by atoms with van der Waals surface area (Å²) in [5, 5.41) is 3.04. The van der Waals surface area contributed by atoms with Crippen molar-refractivity contribution in [3.8, 4) is 0 Å². The number of anilines is 2. The van der Waals surface area contributed by atoms with Gasteiger partial charge in [0, 0.05) is 17.8 Å². The van der Waals surface area contributed by atoms with Crippen LogP contribution in [0.25, 0.3) is 6.08 Å². The third-order valence-electron chi connectivity index (χ3n) is 6.31. The molecular weight excluding hydrogens is 477 g/mol. The first-order valence-electron chi connectivity index (χ1n) is 10.8. The van der Waals surface area contributed by atoms with Crippen LogP contribution in [0.1, 0.15) is 51.2 Å². The Morgan fingerprint density at radius 3 is 2.61 bits per heavy atom. The van der Waals surface area contributed by atoms with Crippen molar-refractivity contribution < 1.29 is 9.59 Å². The molecule has 2 aromatic carbocycles. The summed E-state index contributed by atoms with van der Waals surface area (Å²) in [6.07, 6.45) is 2.62. The molecule has 2 amide bonds. The first-order chi connectivity index (χ1) is 15.5. The molecule has 0 unspecified atom stereocenters. The van der Waals surface area contributed by atoms with Gasteiger partial charge in [-0.25, -0.2) is 0 Å². The molecule has 0 aromatic heterocycles. The van der Waals surface area contributed by atoms with Crippen LogP contribution < -0.4 is 15.1 Å². The Bertz CT molecular complexity index is 1210. The minimum Gasteiger partial charge on any atom is -0.366 e. The predicted molar refractivity (Wildman–Crippen MR) is 139 cm³/mol. The lowest BCUT2D eigenvalue weighted by molar-refractivity contribution is -0.122. The van der Waals surface area contributed by atoms with Gasteiger partial charge >= 0.3 is 0 Å². The Hall–Kier alpha value is -2.41. The third kappa shape index (κ3) is 4.16. The summed E-state index contributed by atoms with van der Waals surface area (Å²) in [5.74, 6) is -0.738. The van der Waals surface area contributed by atoms with Gasteiger partial charge in [-0.15, -0.1) is 0 Å². The number of hydrogen-bond acceptors (Lipinski definition) is 4. The lowest BCUT2D eigenvalue weighted by Crippen LogP contribution is -2.54. The molecule has 2 aliphatic heterocycles. The van der Waals surface area contributed by atoms with Crippen LogP contribution in [-0.4, -0.2) is 29.0 Å². The van der Waals surface area contributed by atoms with Gasteiger partial charge in [0.2, 0.25) is 0 Å². The molecule has 0 spiro atoms. The number of fused-ring (bicyclic) bond motifs is 1. The number of carbonyl (C=O) groups is 2. The summed E-state index contributed by atoms with van der Waals surface area (Å²) in [7, 11) is 0. The van der Waals surface area contributed by atoms with E-state index in [-0.39, 0.29) is 21.2 Å². The van der Waals surface area contributed by atoms with Gasteiger partial charge in [0.05, 0.1) is 15.7 Å². The van der Waals surface area contributed by atoms with E-state index in [0.717, 1.165) is 18.5 Å². The Kier molecular flexibility index (Phi) is 6.29. The lowest BCUT2D eigenvalue weighted by Gasteiger charge is -2.47. The van der Waals surface area contributed by atoms with Gasteiger partial charge in [-0.05, 0) is 86.8 Å². The molecule has 0 bridgehead atoms. The summed E-state index contributed by atoms with van der Waals surface area (Å²) in [4.78, 5) is 29.7. The zero-order valence-electron chi connectivity index (χ0n) is 18.9. The van der Waals surface area contributed by atoms with Crippen LogP contribution in [0.15, 0.2) is 42.0 Å². The standard InChI is InChI=1S/C25H25Cl2N3O2S/c1-5-29-19-10-9-15(11-16(19)14(2)13-25(29,3)4)12-17-22(31)28-24(33)30(23(17)32)20-8-6-7-18(26)21(20)27/h6-12,14H,5,13H2,1-4H3,(H,28,31,33)/b17-12+/t14-/m0/s1. The van der Waals surface area contributed by atoms with Crippen LogP contribution >= 0.6 is 35.4 Å². The first-order valence-corrected chi connectivity index (χ1v) is 12.0. The van der Waals surface area contributed by atoms with Crippen LogP contribution in [0, 0.1) is 0 Å². The summed E-state index contributed by atoms with van der Waals surface area (Å²) in [6, 6.07) is 11.0. The molecular formula is C25H25Cl2N3O2S. The van der Waals surface area contributed by atoms with Crippen molar-refractivity contribution >= 4 is 69.8 Å². The van der Waals surface area contributed by atoms with Crippen molar-refractivity contribution in [2.24, 2.45) is 0 Å². The third-order valence-corrected chi connectivity index (χ3v) is 7.40. The SMILES string of the molecule is CCN1c2ccc(/C=C3\C(=O)NC(=S)N(c4cccc(Cl)c4Cl)C3=O)cc2[C@@H](C)CC1(C)C. The molecule has 1 atom stereocenters.